The number of rotatable bonds is 2. The van der Waals surface area contributed by atoms with Crippen LogP contribution < -0.4 is 5.32 Å². The van der Waals surface area contributed by atoms with Crippen LogP contribution in [0.5, 0.6) is 0 Å². The molecule has 1 aromatic heterocycles. The molecule has 1 heterocycles. The molecule has 2 aromatic rings. The highest BCUT2D eigenvalue weighted by atomic mass is 35.5. The average molecular weight is 320 g/mol. The summed E-state index contributed by atoms with van der Waals surface area (Å²) in [6.45, 7) is 1.95. The van der Waals surface area contributed by atoms with Crippen molar-refractivity contribution in [3.05, 3.63) is 50.2 Å². The number of fused-ring (bicyclic) bond motifs is 1. The van der Waals surface area contributed by atoms with Crippen molar-refractivity contribution in [1.29, 1.82) is 0 Å². The normalized spacial score (nSPS) is 14.4. The first kappa shape index (κ1) is 14.6. The Morgan fingerprint density at radius 1 is 1.19 bits per heavy atom. The first-order valence-corrected chi connectivity index (χ1v) is 8.52. The SMILES string of the molecule is Cc1ccc(NC(=O)c2cc3c(s2)CCCCC3)cc1Cl. The Morgan fingerprint density at radius 3 is 2.81 bits per heavy atom. The standard InChI is InChI=1S/C17H18ClNOS/c1-11-7-8-13(10-14(11)18)19-17(20)16-9-12-5-3-2-4-6-15(12)21-16/h7-10H,2-6H2,1H3,(H,19,20). The first-order valence-electron chi connectivity index (χ1n) is 7.32. The fourth-order valence-electron chi connectivity index (χ4n) is 2.64. The number of carbonyl (C=O) groups excluding carboxylic acids is 1. The fraction of sp³-hybridized carbons (Fsp3) is 0.353. The Bertz CT molecular complexity index is 654. The van der Waals surface area contributed by atoms with Crippen LogP contribution in [0.4, 0.5) is 5.69 Å². The molecule has 21 heavy (non-hydrogen) atoms. The number of carbonyl (C=O) groups is 1. The van der Waals surface area contributed by atoms with Crippen molar-refractivity contribution >= 4 is 34.5 Å². The molecule has 3 rings (SSSR count). The second kappa shape index (κ2) is 6.20. The van der Waals surface area contributed by atoms with Gasteiger partial charge in [-0.1, -0.05) is 24.1 Å². The van der Waals surface area contributed by atoms with Crippen molar-refractivity contribution < 1.29 is 4.79 Å². The summed E-state index contributed by atoms with van der Waals surface area (Å²) >= 11 is 7.73. The van der Waals surface area contributed by atoms with Crippen LogP contribution in [0.15, 0.2) is 24.3 Å². The largest absolute Gasteiger partial charge is 0.321 e. The number of thiophene rings is 1. The number of halogens is 1. The summed E-state index contributed by atoms with van der Waals surface area (Å²) in [5.74, 6) is -0.0343. The number of nitrogens with one attached hydrogen (secondary N) is 1. The van der Waals surface area contributed by atoms with E-state index in [1.54, 1.807) is 17.4 Å². The zero-order valence-electron chi connectivity index (χ0n) is 12.0. The lowest BCUT2D eigenvalue weighted by atomic mass is 10.1. The maximum absolute atomic E-state index is 12.4. The van der Waals surface area contributed by atoms with Crippen LogP contribution in [0.25, 0.3) is 0 Å². The first-order chi connectivity index (χ1) is 10.1. The summed E-state index contributed by atoms with van der Waals surface area (Å²) < 4.78 is 0. The summed E-state index contributed by atoms with van der Waals surface area (Å²) in [5, 5.41) is 3.61. The molecular weight excluding hydrogens is 302 g/mol. The Balaban J connectivity index is 1.77. The average Bonchev–Trinajstić information content (AvgIpc) is 2.74. The fourth-order valence-corrected chi connectivity index (χ4v) is 3.97. The summed E-state index contributed by atoms with van der Waals surface area (Å²) in [5.41, 5.74) is 3.13. The summed E-state index contributed by atoms with van der Waals surface area (Å²) in [6.07, 6.45) is 5.99. The predicted octanol–water partition coefficient (Wildman–Crippen LogP) is 5.23. The van der Waals surface area contributed by atoms with Crippen molar-refractivity contribution in [3.63, 3.8) is 0 Å². The number of aryl methyl sites for hydroxylation is 3. The Morgan fingerprint density at radius 2 is 2.00 bits per heavy atom. The third-order valence-corrected chi connectivity index (χ3v) is 5.54. The molecule has 1 N–H and O–H groups in total. The molecule has 0 aliphatic heterocycles. The third-order valence-electron chi connectivity index (χ3n) is 3.90. The van der Waals surface area contributed by atoms with Crippen LogP contribution in [-0.2, 0) is 12.8 Å². The van der Waals surface area contributed by atoms with Crippen LogP contribution in [0, 0.1) is 6.92 Å². The van der Waals surface area contributed by atoms with Crippen LogP contribution >= 0.6 is 22.9 Å². The maximum atomic E-state index is 12.4. The molecular formula is C17H18ClNOS. The number of hydrogen-bond acceptors (Lipinski definition) is 2. The van der Waals surface area contributed by atoms with E-state index in [2.05, 4.69) is 11.4 Å². The lowest BCUT2D eigenvalue weighted by Gasteiger charge is -2.05. The van der Waals surface area contributed by atoms with Crippen molar-refractivity contribution in [2.45, 2.75) is 39.0 Å². The molecule has 0 radical (unpaired) electrons. The van der Waals surface area contributed by atoms with Crippen molar-refractivity contribution in [3.8, 4) is 0 Å². The van der Waals surface area contributed by atoms with E-state index in [9.17, 15) is 4.79 Å². The minimum absolute atomic E-state index is 0.0343. The number of benzene rings is 1. The third kappa shape index (κ3) is 3.30. The summed E-state index contributed by atoms with van der Waals surface area (Å²) in [6, 6.07) is 7.67. The minimum Gasteiger partial charge on any atom is -0.321 e. The second-order valence-electron chi connectivity index (χ2n) is 5.54. The van der Waals surface area contributed by atoms with E-state index in [4.69, 9.17) is 11.6 Å². The molecule has 4 heteroatoms. The van der Waals surface area contributed by atoms with Gasteiger partial charge < -0.3 is 5.32 Å². The molecule has 0 saturated heterocycles. The molecule has 0 spiro atoms. The Kier molecular flexibility index (Phi) is 4.32. The van der Waals surface area contributed by atoms with Gasteiger partial charge in [-0.15, -0.1) is 11.3 Å². The van der Waals surface area contributed by atoms with E-state index in [0.717, 1.165) is 29.0 Å². The molecule has 0 saturated carbocycles. The van der Waals surface area contributed by atoms with Crippen LogP contribution in [0.2, 0.25) is 5.02 Å². The molecule has 1 aliphatic carbocycles. The van der Waals surface area contributed by atoms with Gasteiger partial charge in [0, 0.05) is 15.6 Å². The van der Waals surface area contributed by atoms with Gasteiger partial charge in [0.1, 0.15) is 0 Å². The highest BCUT2D eigenvalue weighted by molar-refractivity contribution is 7.14. The lowest BCUT2D eigenvalue weighted by Crippen LogP contribution is -2.10. The van der Waals surface area contributed by atoms with Crippen molar-refractivity contribution in [2.75, 3.05) is 5.32 Å². The van der Waals surface area contributed by atoms with Crippen molar-refractivity contribution in [1.82, 2.24) is 0 Å². The molecule has 110 valence electrons. The van der Waals surface area contributed by atoms with E-state index < -0.39 is 0 Å². The predicted molar refractivity (Wildman–Crippen MR) is 89.7 cm³/mol. The van der Waals surface area contributed by atoms with Crippen LogP contribution in [0.3, 0.4) is 0 Å². The maximum Gasteiger partial charge on any atom is 0.265 e. The van der Waals surface area contributed by atoms with Gasteiger partial charge in [0.15, 0.2) is 0 Å². The topological polar surface area (TPSA) is 29.1 Å². The molecule has 1 amide bonds. The zero-order valence-corrected chi connectivity index (χ0v) is 13.6. The van der Waals surface area contributed by atoms with Crippen LogP contribution in [-0.4, -0.2) is 5.91 Å². The van der Waals surface area contributed by atoms with E-state index >= 15 is 0 Å². The number of anilines is 1. The van der Waals surface area contributed by atoms with E-state index in [1.165, 1.54) is 29.7 Å². The zero-order chi connectivity index (χ0) is 14.8. The highest BCUT2D eigenvalue weighted by Gasteiger charge is 2.16. The monoisotopic (exact) mass is 319 g/mol. The molecule has 0 bridgehead atoms. The van der Waals surface area contributed by atoms with Gasteiger partial charge in [-0.25, -0.2) is 0 Å². The highest BCUT2D eigenvalue weighted by Crippen LogP contribution is 2.29. The molecule has 0 atom stereocenters. The van der Waals surface area contributed by atoms with Gasteiger partial charge in [-0.3, -0.25) is 4.79 Å². The summed E-state index contributed by atoms with van der Waals surface area (Å²) in [4.78, 5) is 14.6. The van der Waals surface area contributed by atoms with Crippen LogP contribution in [0.1, 0.15) is 44.9 Å². The Labute approximate surface area is 134 Å². The number of hydrogen-bond donors (Lipinski definition) is 1. The van der Waals surface area contributed by atoms with E-state index in [0.29, 0.717) is 5.02 Å². The molecule has 1 aromatic carbocycles. The quantitative estimate of drug-likeness (QED) is 0.754. The number of amides is 1. The van der Waals surface area contributed by atoms with Gasteiger partial charge >= 0.3 is 0 Å². The van der Waals surface area contributed by atoms with Gasteiger partial charge in [0.25, 0.3) is 5.91 Å². The van der Waals surface area contributed by atoms with Gasteiger partial charge in [-0.2, -0.15) is 0 Å². The lowest BCUT2D eigenvalue weighted by molar-refractivity contribution is 0.103. The summed E-state index contributed by atoms with van der Waals surface area (Å²) in [7, 11) is 0. The van der Waals surface area contributed by atoms with E-state index in [1.807, 2.05) is 19.1 Å². The van der Waals surface area contributed by atoms with Gasteiger partial charge in [0.05, 0.1) is 4.88 Å². The smallest absolute Gasteiger partial charge is 0.265 e. The molecule has 2 nitrogen and oxygen atoms in total. The van der Waals surface area contributed by atoms with Gasteiger partial charge in [0.2, 0.25) is 0 Å². The molecule has 1 aliphatic rings. The minimum atomic E-state index is -0.0343. The van der Waals surface area contributed by atoms with E-state index in [-0.39, 0.29) is 5.91 Å². The Hall–Kier alpha value is -1.32. The molecule has 0 unspecified atom stereocenters. The van der Waals surface area contributed by atoms with Crippen molar-refractivity contribution in [2.24, 2.45) is 0 Å². The molecule has 0 fully saturated rings. The second-order valence-corrected chi connectivity index (χ2v) is 7.08. The van der Waals surface area contributed by atoms with Gasteiger partial charge in [-0.05, 0) is 61.9 Å².